The third kappa shape index (κ3) is 6.38. The van der Waals surface area contributed by atoms with Gasteiger partial charge in [0.05, 0.1) is 19.6 Å². The van der Waals surface area contributed by atoms with Crippen molar-refractivity contribution in [2.75, 3.05) is 39.3 Å². The molecule has 6 amide bonds. The van der Waals surface area contributed by atoms with Gasteiger partial charge >= 0.3 is 12.2 Å². The van der Waals surface area contributed by atoms with Crippen molar-refractivity contribution in [3.63, 3.8) is 0 Å². The minimum absolute atomic E-state index is 0.0222. The molecule has 3 aliphatic rings. The number of hydrogen-bond acceptors (Lipinski definition) is 10. The Morgan fingerprint density at radius 1 is 0.944 bits per heavy atom. The topological polar surface area (TPSA) is 146 Å². The number of nitrogens with zero attached hydrogens (tertiary/aromatic N) is 4. The normalized spacial score (nSPS) is 24.0. The number of ether oxygens (including phenoxy) is 2. The Balaban J connectivity index is 1.82. The van der Waals surface area contributed by atoms with E-state index in [0.29, 0.717) is 18.0 Å². The molecular formula is C23H35N5O8. The van der Waals surface area contributed by atoms with Crippen molar-refractivity contribution in [3.05, 3.63) is 0 Å². The zero-order valence-corrected chi connectivity index (χ0v) is 21.4. The molecule has 0 saturated carbocycles. The quantitative estimate of drug-likeness (QED) is 0.500. The number of imide groups is 4. The molecule has 13 heteroatoms. The van der Waals surface area contributed by atoms with Gasteiger partial charge in [0.2, 0.25) is 11.8 Å². The van der Waals surface area contributed by atoms with E-state index in [-0.39, 0.29) is 26.2 Å². The summed E-state index contributed by atoms with van der Waals surface area (Å²) < 4.78 is 10.7. The fourth-order valence-corrected chi connectivity index (χ4v) is 4.52. The number of hydrogen-bond donors (Lipinski definition) is 1. The molecular weight excluding hydrogens is 474 g/mol. The van der Waals surface area contributed by atoms with Crippen LogP contribution >= 0.6 is 0 Å². The number of carbonyl (C=O) groups excluding carboxylic acids is 6. The van der Waals surface area contributed by atoms with Crippen LogP contribution in [0, 0.1) is 0 Å². The second kappa shape index (κ2) is 10.9. The van der Waals surface area contributed by atoms with Gasteiger partial charge in [-0.1, -0.05) is 0 Å². The first-order valence-corrected chi connectivity index (χ1v) is 12.1. The van der Waals surface area contributed by atoms with Crippen LogP contribution in [0.4, 0.5) is 9.59 Å². The van der Waals surface area contributed by atoms with E-state index in [1.165, 1.54) is 0 Å². The molecule has 3 aliphatic heterocycles. The molecule has 0 aromatic carbocycles. The maximum atomic E-state index is 13.4. The van der Waals surface area contributed by atoms with E-state index >= 15 is 0 Å². The Bertz CT molecular complexity index is 910. The van der Waals surface area contributed by atoms with Crippen LogP contribution in [-0.4, -0.2) is 118 Å². The maximum Gasteiger partial charge on any atom is 0.424 e. The molecule has 0 aromatic heterocycles. The van der Waals surface area contributed by atoms with Crippen molar-refractivity contribution in [2.24, 2.45) is 0 Å². The summed E-state index contributed by atoms with van der Waals surface area (Å²) >= 11 is 0. The summed E-state index contributed by atoms with van der Waals surface area (Å²) in [6.07, 6.45) is 0.0644. The Morgan fingerprint density at radius 3 is 2.08 bits per heavy atom. The SMILES string of the molecule is CC(C(C)N1CC(=O)N(C(=O)OC(C)(C)C)C(=O)C1COC(=O)N1CCCC1)N1CC(=O)NC(=O)C1. The first-order valence-electron chi connectivity index (χ1n) is 12.1. The standard InChI is InChI=1S/C23H35N5O8/c1-14(26-10-17(29)24-18(30)11-26)15(2)27-12-19(31)28(22(34)36-23(3,4)5)20(32)16(27)13-35-21(33)25-8-6-7-9-25/h14-16H,6-13H2,1-5H3,(H,24,29,30). The maximum absolute atomic E-state index is 13.4. The van der Waals surface area contributed by atoms with Gasteiger partial charge in [0.15, 0.2) is 0 Å². The molecule has 0 aromatic rings. The zero-order valence-electron chi connectivity index (χ0n) is 21.4. The van der Waals surface area contributed by atoms with E-state index < -0.39 is 59.5 Å². The Kier molecular flexibility index (Phi) is 8.34. The summed E-state index contributed by atoms with van der Waals surface area (Å²) in [7, 11) is 0. The molecule has 36 heavy (non-hydrogen) atoms. The number of likely N-dealkylation sites (tertiary alicyclic amines) is 1. The molecule has 0 bridgehead atoms. The van der Waals surface area contributed by atoms with Crippen molar-refractivity contribution in [2.45, 2.75) is 71.2 Å². The lowest BCUT2D eigenvalue weighted by molar-refractivity contribution is -0.159. The summed E-state index contributed by atoms with van der Waals surface area (Å²) in [5, 5.41) is 2.24. The van der Waals surface area contributed by atoms with Gasteiger partial charge in [-0.3, -0.25) is 34.3 Å². The molecule has 0 radical (unpaired) electrons. The van der Waals surface area contributed by atoms with Crippen molar-refractivity contribution in [1.82, 2.24) is 24.9 Å². The van der Waals surface area contributed by atoms with Crippen LogP contribution in [0.25, 0.3) is 0 Å². The highest BCUT2D eigenvalue weighted by Gasteiger charge is 2.48. The third-order valence-electron chi connectivity index (χ3n) is 6.55. The molecule has 0 spiro atoms. The monoisotopic (exact) mass is 509 g/mol. The predicted octanol–water partition coefficient (Wildman–Crippen LogP) is -0.0713. The van der Waals surface area contributed by atoms with Crippen LogP contribution in [0.3, 0.4) is 0 Å². The number of amides is 6. The van der Waals surface area contributed by atoms with Crippen molar-refractivity contribution >= 4 is 35.8 Å². The van der Waals surface area contributed by atoms with E-state index in [1.54, 1.807) is 49.3 Å². The average molecular weight is 510 g/mol. The fourth-order valence-electron chi connectivity index (χ4n) is 4.52. The zero-order chi connectivity index (χ0) is 26.8. The summed E-state index contributed by atoms with van der Waals surface area (Å²) in [5.74, 6) is -2.52. The van der Waals surface area contributed by atoms with Crippen molar-refractivity contribution in [1.29, 1.82) is 0 Å². The number of carbonyl (C=O) groups is 6. The van der Waals surface area contributed by atoms with E-state index in [1.807, 2.05) is 0 Å². The summed E-state index contributed by atoms with van der Waals surface area (Å²) in [6, 6.07) is -2.09. The lowest BCUT2D eigenvalue weighted by atomic mass is 10.0. The smallest absolute Gasteiger partial charge is 0.424 e. The van der Waals surface area contributed by atoms with E-state index in [4.69, 9.17) is 9.47 Å². The summed E-state index contributed by atoms with van der Waals surface area (Å²) in [4.78, 5) is 80.5. The van der Waals surface area contributed by atoms with Gasteiger partial charge < -0.3 is 14.4 Å². The van der Waals surface area contributed by atoms with Crippen LogP contribution in [0.5, 0.6) is 0 Å². The molecule has 3 saturated heterocycles. The minimum Gasteiger partial charge on any atom is -0.447 e. The van der Waals surface area contributed by atoms with Crippen LogP contribution in [0.15, 0.2) is 0 Å². The lowest BCUT2D eigenvalue weighted by Gasteiger charge is -2.45. The van der Waals surface area contributed by atoms with Gasteiger partial charge in [-0.15, -0.1) is 0 Å². The van der Waals surface area contributed by atoms with Crippen LogP contribution in [0.1, 0.15) is 47.5 Å². The molecule has 1 N–H and O–H groups in total. The van der Waals surface area contributed by atoms with Gasteiger partial charge in [0, 0.05) is 25.2 Å². The highest BCUT2D eigenvalue weighted by Crippen LogP contribution is 2.23. The molecule has 3 unspecified atom stereocenters. The first-order chi connectivity index (χ1) is 16.8. The second-order valence-corrected chi connectivity index (χ2v) is 10.4. The number of rotatable bonds is 5. The fraction of sp³-hybridized carbons (Fsp3) is 0.739. The van der Waals surface area contributed by atoms with E-state index in [0.717, 1.165) is 12.8 Å². The summed E-state index contributed by atoms with van der Waals surface area (Å²) in [6.45, 7) is 8.75. The predicted molar refractivity (Wildman–Crippen MR) is 124 cm³/mol. The Hall–Kier alpha value is -3.06. The highest BCUT2D eigenvalue weighted by atomic mass is 16.6. The third-order valence-corrected chi connectivity index (χ3v) is 6.55. The van der Waals surface area contributed by atoms with Crippen LogP contribution < -0.4 is 5.32 Å². The molecule has 200 valence electrons. The summed E-state index contributed by atoms with van der Waals surface area (Å²) in [5.41, 5.74) is -0.935. The molecule has 3 atom stereocenters. The Morgan fingerprint density at radius 2 is 1.53 bits per heavy atom. The lowest BCUT2D eigenvalue weighted by Crippen LogP contribution is -2.68. The highest BCUT2D eigenvalue weighted by molar-refractivity contribution is 6.12. The average Bonchev–Trinajstić information content (AvgIpc) is 3.30. The van der Waals surface area contributed by atoms with Gasteiger partial charge in [0.1, 0.15) is 18.2 Å². The first kappa shape index (κ1) is 27.5. The minimum atomic E-state index is -1.14. The van der Waals surface area contributed by atoms with Crippen molar-refractivity contribution < 1.29 is 38.2 Å². The van der Waals surface area contributed by atoms with E-state index in [2.05, 4.69) is 5.32 Å². The molecule has 3 heterocycles. The van der Waals surface area contributed by atoms with Gasteiger partial charge in [-0.25, -0.2) is 9.59 Å². The van der Waals surface area contributed by atoms with Gasteiger partial charge in [0.25, 0.3) is 11.8 Å². The van der Waals surface area contributed by atoms with Crippen LogP contribution in [-0.2, 0) is 28.7 Å². The largest absolute Gasteiger partial charge is 0.447 e. The number of piperazine rings is 2. The van der Waals surface area contributed by atoms with E-state index in [9.17, 15) is 28.8 Å². The second-order valence-electron chi connectivity index (χ2n) is 10.4. The van der Waals surface area contributed by atoms with Gasteiger partial charge in [-0.2, -0.15) is 4.90 Å². The number of nitrogens with one attached hydrogen (secondary N) is 1. The molecule has 13 nitrogen and oxygen atoms in total. The molecule has 3 fully saturated rings. The van der Waals surface area contributed by atoms with Crippen molar-refractivity contribution in [3.8, 4) is 0 Å². The van der Waals surface area contributed by atoms with Gasteiger partial charge in [-0.05, 0) is 47.5 Å². The molecule has 0 aliphatic carbocycles. The van der Waals surface area contributed by atoms with Crippen LogP contribution in [0.2, 0.25) is 0 Å². The molecule has 3 rings (SSSR count). The Labute approximate surface area is 210 Å².